The van der Waals surface area contributed by atoms with Gasteiger partial charge in [0.15, 0.2) is 5.54 Å². The van der Waals surface area contributed by atoms with E-state index in [2.05, 4.69) is 4.74 Å². The summed E-state index contributed by atoms with van der Waals surface area (Å²) in [5.41, 5.74) is 1.88. The second-order valence-electron chi connectivity index (χ2n) is 4.42. The van der Waals surface area contributed by atoms with Gasteiger partial charge in [-0.15, -0.1) is 0 Å². The van der Waals surface area contributed by atoms with Crippen molar-refractivity contribution in [1.29, 1.82) is 0 Å². The normalized spacial score (nSPS) is 16.9. The molecule has 0 radical (unpaired) electrons. The van der Waals surface area contributed by atoms with Crippen molar-refractivity contribution in [2.75, 3.05) is 7.11 Å². The van der Waals surface area contributed by atoms with E-state index >= 15 is 0 Å². The molecule has 0 saturated heterocycles. The van der Waals surface area contributed by atoms with Gasteiger partial charge in [0.2, 0.25) is 5.91 Å². The van der Waals surface area contributed by atoms with Gasteiger partial charge in [-0.25, -0.2) is 4.79 Å². The monoisotopic (exact) mass is 270 g/mol. The van der Waals surface area contributed by atoms with Crippen LogP contribution in [-0.4, -0.2) is 36.7 Å². The number of nitrogens with two attached hydrogens (primary N) is 1. The Labute approximate surface area is 103 Å². The third kappa shape index (κ3) is 3.59. The van der Waals surface area contributed by atoms with Crippen LogP contribution in [0.2, 0.25) is 0 Å². The van der Waals surface area contributed by atoms with Gasteiger partial charge in [0.25, 0.3) is 0 Å². The molecule has 0 fully saturated rings. The molecule has 2 atom stereocenters. The summed E-state index contributed by atoms with van der Waals surface area (Å²) < 4.78 is 41.9. The first-order valence-corrected chi connectivity index (χ1v) is 5.19. The second kappa shape index (κ2) is 5.55. The molecular weight excluding hydrogens is 253 g/mol. The Morgan fingerprint density at radius 2 is 1.72 bits per heavy atom. The first-order chi connectivity index (χ1) is 7.95. The van der Waals surface area contributed by atoms with Crippen LogP contribution < -0.4 is 11.1 Å². The highest BCUT2D eigenvalue weighted by molar-refractivity contribution is 5.90. The maximum Gasteiger partial charge on any atom is 0.415 e. The van der Waals surface area contributed by atoms with E-state index in [0.29, 0.717) is 6.92 Å². The van der Waals surface area contributed by atoms with E-state index in [-0.39, 0.29) is 0 Å². The number of amides is 1. The SMILES string of the molecule is COC(=O)C(NC(=O)C(C)(N)C(F)(F)F)C(C)C. The Balaban J connectivity index is 4.98. The fourth-order valence-corrected chi connectivity index (χ4v) is 1.04. The average Bonchev–Trinajstić information content (AvgIpc) is 2.22. The number of rotatable bonds is 4. The molecule has 3 N–H and O–H groups in total. The molecule has 5 nitrogen and oxygen atoms in total. The standard InChI is InChI=1S/C10H17F3N2O3/c1-5(2)6(7(16)18-4)15-8(17)9(3,14)10(11,12)13/h5-6H,14H2,1-4H3,(H,15,17). The number of carbonyl (C=O) groups excluding carboxylic acids is 2. The van der Waals surface area contributed by atoms with Crippen LogP contribution in [0, 0.1) is 5.92 Å². The zero-order valence-electron chi connectivity index (χ0n) is 10.6. The molecule has 0 spiro atoms. The van der Waals surface area contributed by atoms with Crippen molar-refractivity contribution < 1.29 is 27.5 Å². The lowest BCUT2D eigenvalue weighted by atomic mass is 9.99. The van der Waals surface area contributed by atoms with E-state index in [4.69, 9.17) is 5.73 Å². The molecule has 0 aromatic rings. The van der Waals surface area contributed by atoms with Gasteiger partial charge in [0.1, 0.15) is 6.04 Å². The van der Waals surface area contributed by atoms with E-state index in [1.165, 1.54) is 0 Å². The maximum absolute atomic E-state index is 12.5. The van der Waals surface area contributed by atoms with Crippen LogP contribution in [0.5, 0.6) is 0 Å². The number of hydrogen-bond acceptors (Lipinski definition) is 4. The zero-order valence-corrected chi connectivity index (χ0v) is 10.6. The van der Waals surface area contributed by atoms with Crippen molar-refractivity contribution in [2.45, 2.75) is 38.5 Å². The maximum atomic E-state index is 12.5. The van der Waals surface area contributed by atoms with Crippen LogP contribution in [0.25, 0.3) is 0 Å². The molecule has 0 bridgehead atoms. The van der Waals surface area contributed by atoms with Crippen molar-refractivity contribution in [3.05, 3.63) is 0 Å². The van der Waals surface area contributed by atoms with Gasteiger partial charge >= 0.3 is 12.1 Å². The van der Waals surface area contributed by atoms with Crippen LogP contribution in [0.4, 0.5) is 13.2 Å². The van der Waals surface area contributed by atoms with Crippen LogP contribution in [0.15, 0.2) is 0 Å². The van der Waals surface area contributed by atoms with Crippen LogP contribution >= 0.6 is 0 Å². The van der Waals surface area contributed by atoms with E-state index in [0.717, 1.165) is 7.11 Å². The molecular formula is C10H17F3N2O3. The zero-order chi connectivity index (χ0) is 14.7. The molecule has 0 saturated carbocycles. The Hall–Kier alpha value is -1.31. The van der Waals surface area contributed by atoms with E-state index in [1.54, 1.807) is 13.8 Å². The third-order valence-electron chi connectivity index (χ3n) is 2.47. The fraction of sp³-hybridized carbons (Fsp3) is 0.800. The van der Waals surface area contributed by atoms with E-state index in [1.807, 2.05) is 5.32 Å². The highest BCUT2D eigenvalue weighted by Crippen LogP contribution is 2.28. The highest BCUT2D eigenvalue weighted by atomic mass is 19.4. The summed E-state index contributed by atoms with van der Waals surface area (Å²) >= 11 is 0. The van der Waals surface area contributed by atoms with Crippen molar-refractivity contribution in [1.82, 2.24) is 5.32 Å². The minimum atomic E-state index is -4.91. The summed E-state index contributed by atoms with van der Waals surface area (Å²) in [7, 11) is 1.08. The molecule has 8 heteroatoms. The Morgan fingerprint density at radius 1 is 1.28 bits per heavy atom. The Morgan fingerprint density at radius 3 is 2.00 bits per heavy atom. The fourth-order valence-electron chi connectivity index (χ4n) is 1.04. The molecule has 18 heavy (non-hydrogen) atoms. The largest absolute Gasteiger partial charge is 0.467 e. The smallest absolute Gasteiger partial charge is 0.415 e. The summed E-state index contributed by atoms with van der Waals surface area (Å²) in [5, 5.41) is 1.96. The predicted octanol–water partition coefficient (Wildman–Crippen LogP) is 0.580. The summed E-state index contributed by atoms with van der Waals surface area (Å²) in [5.74, 6) is -2.72. The van der Waals surface area contributed by atoms with E-state index in [9.17, 15) is 22.8 Å². The molecule has 0 aliphatic carbocycles. The second-order valence-corrected chi connectivity index (χ2v) is 4.42. The average molecular weight is 270 g/mol. The summed E-state index contributed by atoms with van der Waals surface area (Å²) in [6.45, 7) is 3.66. The molecule has 0 aliphatic heterocycles. The first kappa shape index (κ1) is 16.7. The molecule has 0 aromatic heterocycles. The van der Waals surface area contributed by atoms with Crippen LogP contribution in [0.3, 0.4) is 0 Å². The van der Waals surface area contributed by atoms with Gasteiger partial charge in [-0.05, 0) is 12.8 Å². The lowest BCUT2D eigenvalue weighted by Gasteiger charge is -2.29. The number of esters is 1. The summed E-state index contributed by atoms with van der Waals surface area (Å²) in [6, 6.07) is -1.17. The van der Waals surface area contributed by atoms with Gasteiger partial charge in [0, 0.05) is 0 Å². The minimum Gasteiger partial charge on any atom is -0.467 e. The quantitative estimate of drug-likeness (QED) is 0.732. The van der Waals surface area contributed by atoms with Crippen molar-refractivity contribution in [2.24, 2.45) is 11.7 Å². The third-order valence-corrected chi connectivity index (χ3v) is 2.47. The molecule has 1 amide bonds. The Bertz CT molecular complexity index is 327. The first-order valence-electron chi connectivity index (χ1n) is 5.19. The number of halogens is 3. The lowest BCUT2D eigenvalue weighted by molar-refractivity contribution is -0.188. The predicted molar refractivity (Wildman–Crippen MR) is 57.4 cm³/mol. The van der Waals surface area contributed by atoms with Gasteiger partial charge in [0.05, 0.1) is 7.11 Å². The molecule has 0 rings (SSSR count). The van der Waals surface area contributed by atoms with Gasteiger partial charge < -0.3 is 15.8 Å². The number of carbonyl (C=O) groups is 2. The molecule has 106 valence electrons. The minimum absolute atomic E-state index is 0.426. The van der Waals surface area contributed by atoms with Crippen molar-refractivity contribution in [3.63, 3.8) is 0 Å². The van der Waals surface area contributed by atoms with Gasteiger partial charge in [-0.3, -0.25) is 4.79 Å². The number of methoxy groups -OCH3 is 1. The summed E-state index contributed by atoms with van der Waals surface area (Å²) in [6.07, 6.45) is -4.91. The van der Waals surface area contributed by atoms with Gasteiger partial charge in [-0.2, -0.15) is 13.2 Å². The Kier molecular flexibility index (Phi) is 5.15. The lowest BCUT2D eigenvalue weighted by Crippen LogP contribution is -2.64. The van der Waals surface area contributed by atoms with Crippen LogP contribution in [-0.2, 0) is 14.3 Å². The number of ether oxygens (including phenoxy) is 1. The van der Waals surface area contributed by atoms with Crippen molar-refractivity contribution >= 4 is 11.9 Å². The molecule has 2 unspecified atom stereocenters. The number of hydrogen-bond donors (Lipinski definition) is 2. The molecule has 0 aliphatic rings. The van der Waals surface area contributed by atoms with Crippen molar-refractivity contribution in [3.8, 4) is 0 Å². The molecule has 0 heterocycles. The van der Waals surface area contributed by atoms with E-state index < -0.39 is 35.6 Å². The topological polar surface area (TPSA) is 81.4 Å². The van der Waals surface area contributed by atoms with Gasteiger partial charge in [-0.1, -0.05) is 13.8 Å². The highest BCUT2D eigenvalue weighted by Gasteiger charge is 2.54. The molecule has 0 aromatic carbocycles. The van der Waals surface area contributed by atoms with Crippen LogP contribution in [0.1, 0.15) is 20.8 Å². The number of alkyl halides is 3. The summed E-state index contributed by atoms with van der Waals surface area (Å²) in [4.78, 5) is 22.8. The number of nitrogens with one attached hydrogen (secondary N) is 1.